The van der Waals surface area contributed by atoms with Gasteiger partial charge in [-0.1, -0.05) is 27.7 Å². The van der Waals surface area contributed by atoms with Gasteiger partial charge in [0.25, 0.3) is 0 Å². The maximum absolute atomic E-state index is 11.7. The number of carbonyl (C=O) groups is 2. The van der Waals surface area contributed by atoms with Crippen LogP contribution in [0.25, 0.3) is 0 Å². The SMILES string of the molecule is CC(C)C[C]=C1C(=O)CC(C)(C)CC1=O. The van der Waals surface area contributed by atoms with Crippen LogP contribution in [0, 0.1) is 17.4 Å². The van der Waals surface area contributed by atoms with Gasteiger partial charge in [0.2, 0.25) is 0 Å². The quantitative estimate of drug-likeness (QED) is 0.515. The summed E-state index contributed by atoms with van der Waals surface area (Å²) in [6.45, 7) is 8.02. The van der Waals surface area contributed by atoms with Crippen molar-refractivity contribution in [2.45, 2.75) is 47.0 Å². The first-order valence-electron chi connectivity index (χ1n) is 5.49. The lowest BCUT2D eigenvalue weighted by Crippen LogP contribution is -2.31. The van der Waals surface area contributed by atoms with Crippen molar-refractivity contribution in [1.29, 1.82) is 0 Å². The lowest BCUT2D eigenvalue weighted by molar-refractivity contribution is -0.127. The molecule has 1 saturated carbocycles. The molecule has 2 nitrogen and oxygen atoms in total. The van der Waals surface area contributed by atoms with Gasteiger partial charge in [0.1, 0.15) is 0 Å². The average molecular weight is 207 g/mol. The molecule has 2 heteroatoms. The zero-order valence-electron chi connectivity index (χ0n) is 10.0. The number of rotatable bonds is 2. The largest absolute Gasteiger partial charge is 0.294 e. The fraction of sp³-hybridized carbons (Fsp3) is 0.692. The van der Waals surface area contributed by atoms with E-state index in [9.17, 15) is 9.59 Å². The van der Waals surface area contributed by atoms with E-state index in [0.29, 0.717) is 30.8 Å². The van der Waals surface area contributed by atoms with Gasteiger partial charge in [0.05, 0.1) is 5.57 Å². The summed E-state index contributed by atoms with van der Waals surface area (Å²) in [5, 5.41) is 0. The summed E-state index contributed by atoms with van der Waals surface area (Å²) in [5.74, 6) is 0.377. The van der Waals surface area contributed by atoms with Gasteiger partial charge in [0, 0.05) is 12.8 Å². The lowest BCUT2D eigenvalue weighted by atomic mass is 9.74. The van der Waals surface area contributed by atoms with Crippen molar-refractivity contribution in [3.63, 3.8) is 0 Å². The van der Waals surface area contributed by atoms with E-state index < -0.39 is 0 Å². The highest BCUT2D eigenvalue weighted by Gasteiger charge is 2.35. The Hall–Kier alpha value is -0.920. The van der Waals surface area contributed by atoms with E-state index in [4.69, 9.17) is 0 Å². The predicted octanol–water partition coefficient (Wildman–Crippen LogP) is 2.72. The zero-order valence-corrected chi connectivity index (χ0v) is 10.0. The molecule has 0 spiro atoms. The molecule has 0 saturated heterocycles. The second-order valence-corrected chi connectivity index (χ2v) is 5.51. The smallest absolute Gasteiger partial charge is 0.167 e. The van der Waals surface area contributed by atoms with Crippen LogP contribution < -0.4 is 0 Å². The molecule has 1 radical (unpaired) electrons. The van der Waals surface area contributed by atoms with Crippen LogP contribution in [0.5, 0.6) is 0 Å². The van der Waals surface area contributed by atoms with Crippen molar-refractivity contribution in [1.82, 2.24) is 0 Å². The molecule has 1 aliphatic carbocycles. The Morgan fingerprint density at radius 3 is 2.07 bits per heavy atom. The molecule has 0 atom stereocenters. The Morgan fingerprint density at radius 1 is 1.20 bits per heavy atom. The number of hydrogen-bond acceptors (Lipinski definition) is 2. The van der Waals surface area contributed by atoms with Crippen LogP contribution in [0.3, 0.4) is 0 Å². The third-order valence-electron chi connectivity index (χ3n) is 2.52. The summed E-state index contributed by atoms with van der Waals surface area (Å²) in [5.41, 5.74) is 0.153. The normalized spacial score (nSPS) is 21.0. The fourth-order valence-electron chi connectivity index (χ4n) is 1.77. The second-order valence-electron chi connectivity index (χ2n) is 5.51. The third kappa shape index (κ3) is 3.29. The van der Waals surface area contributed by atoms with Crippen LogP contribution in [-0.2, 0) is 9.59 Å². The van der Waals surface area contributed by atoms with E-state index >= 15 is 0 Å². The van der Waals surface area contributed by atoms with Gasteiger partial charge in [0.15, 0.2) is 11.6 Å². The Bertz CT molecular complexity index is 286. The van der Waals surface area contributed by atoms with Crippen molar-refractivity contribution in [2.24, 2.45) is 11.3 Å². The highest BCUT2D eigenvalue weighted by Crippen LogP contribution is 2.33. The topological polar surface area (TPSA) is 34.1 Å². The first-order chi connectivity index (χ1) is 6.82. The second kappa shape index (κ2) is 4.30. The molecule has 0 unspecified atom stereocenters. The van der Waals surface area contributed by atoms with Crippen LogP contribution in [-0.4, -0.2) is 11.6 Å². The van der Waals surface area contributed by atoms with Crippen LogP contribution in [0.15, 0.2) is 5.57 Å². The summed E-state index contributed by atoms with van der Waals surface area (Å²) >= 11 is 0. The number of carbonyl (C=O) groups excluding carboxylic acids is 2. The Morgan fingerprint density at radius 2 is 1.67 bits per heavy atom. The third-order valence-corrected chi connectivity index (χ3v) is 2.52. The molecule has 0 aromatic carbocycles. The molecule has 0 bridgehead atoms. The average Bonchev–Trinajstić information content (AvgIpc) is 1.98. The zero-order chi connectivity index (χ0) is 11.6. The minimum absolute atomic E-state index is 0.0306. The Balaban J connectivity index is 2.80. The van der Waals surface area contributed by atoms with Gasteiger partial charge in [-0.05, 0) is 23.8 Å². The van der Waals surface area contributed by atoms with Gasteiger partial charge in [-0.25, -0.2) is 0 Å². The molecule has 0 N–H and O–H groups in total. The summed E-state index contributed by atoms with van der Waals surface area (Å²) in [7, 11) is 0. The molecule has 0 amide bonds. The van der Waals surface area contributed by atoms with Crippen molar-refractivity contribution >= 4 is 11.6 Å². The van der Waals surface area contributed by atoms with E-state index in [1.54, 1.807) is 0 Å². The van der Waals surface area contributed by atoms with Crippen molar-refractivity contribution in [3.05, 3.63) is 11.6 Å². The van der Waals surface area contributed by atoms with Gasteiger partial charge in [-0.2, -0.15) is 0 Å². The van der Waals surface area contributed by atoms with Crippen molar-refractivity contribution in [3.8, 4) is 0 Å². The van der Waals surface area contributed by atoms with E-state index in [2.05, 4.69) is 19.9 Å². The van der Waals surface area contributed by atoms with Gasteiger partial charge in [-0.15, -0.1) is 0 Å². The number of Topliss-reactive ketones (excluding diaryl/α,β-unsaturated/α-hetero) is 2. The first kappa shape index (κ1) is 12.2. The summed E-state index contributed by atoms with van der Waals surface area (Å²) in [4.78, 5) is 23.4. The minimum atomic E-state index is -0.169. The van der Waals surface area contributed by atoms with Gasteiger partial charge in [-0.3, -0.25) is 9.59 Å². The number of ketones is 2. The molecule has 1 fully saturated rings. The predicted molar refractivity (Wildman–Crippen MR) is 59.2 cm³/mol. The van der Waals surface area contributed by atoms with Crippen molar-refractivity contribution in [2.75, 3.05) is 0 Å². The molecule has 0 aromatic heterocycles. The number of allylic oxidation sites excluding steroid dienone is 2. The van der Waals surface area contributed by atoms with E-state index in [1.165, 1.54) is 0 Å². The molecule has 0 aliphatic heterocycles. The molecule has 0 aromatic rings. The van der Waals surface area contributed by atoms with E-state index in [1.807, 2.05) is 13.8 Å². The summed E-state index contributed by atoms with van der Waals surface area (Å²) in [6.07, 6.45) is 4.61. The fourth-order valence-corrected chi connectivity index (χ4v) is 1.77. The summed E-state index contributed by atoms with van der Waals surface area (Å²) in [6, 6.07) is 0. The monoisotopic (exact) mass is 207 g/mol. The Labute approximate surface area is 91.7 Å². The maximum atomic E-state index is 11.7. The summed E-state index contributed by atoms with van der Waals surface area (Å²) < 4.78 is 0. The van der Waals surface area contributed by atoms with Crippen molar-refractivity contribution < 1.29 is 9.59 Å². The molecule has 15 heavy (non-hydrogen) atoms. The molecule has 1 rings (SSSR count). The molecular formula is C13H19O2. The minimum Gasteiger partial charge on any atom is -0.294 e. The lowest BCUT2D eigenvalue weighted by Gasteiger charge is -2.28. The van der Waals surface area contributed by atoms with Gasteiger partial charge < -0.3 is 0 Å². The highest BCUT2D eigenvalue weighted by molar-refractivity contribution is 6.21. The molecular weight excluding hydrogens is 188 g/mol. The van der Waals surface area contributed by atoms with Crippen LogP contribution in [0.1, 0.15) is 47.0 Å². The van der Waals surface area contributed by atoms with Crippen LogP contribution >= 0.6 is 0 Å². The number of hydrogen-bond donors (Lipinski definition) is 0. The maximum Gasteiger partial charge on any atom is 0.167 e. The van der Waals surface area contributed by atoms with Crippen LogP contribution in [0.4, 0.5) is 0 Å². The molecule has 1 aliphatic rings. The van der Waals surface area contributed by atoms with Gasteiger partial charge >= 0.3 is 0 Å². The highest BCUT2D eigenvalue weighted by atomic mass is 16.1. The molecule has 83 valence electrons. The molecule has 0 heterocycles. The van der Waals surface area contributed by atoms with E-state index in [-0.39, 0.29) is 17.0 Å². The first-order valence-corrected chi connectivity index (χ1v) is 5.49. The standard InChI is InChI=1S/C13H19O2/c1-9(2)5-6-10-11(14)7-13(3,4)8-12(10)15/h9H,5,7-8H2,1-4H3. The van der Waals surface area contributed by atoms with E-state index in [0.717, 1.165) is 0 Å². The van der Waals surface area contributed by atoms with Crippen LogP contribution in [0.2, 0.25) is 0 Å². The Kier molecular flexibility index (Phi) is 3.48.